The number of hydrogen-bond acceptors (Lipinski definition) is 3. The zero-order chi connectivity index (χ0) is 13.2. The van der Waals surface area contributed by atoms with E-state index in [1.807, 2.05) is 0 Å². The maximum atomic E-state index is 6.01. The summed E-state index contributed by atoms with van der Waals surface area (Å²) in [6, 6.07) is 2.79. The third-order valence-corrected chi connectivity index (χ3v) is 2.99. The second-order valence-electron chi connectivity index (χ2n) is 3.91. The molecule has 0 saturated heterocycles. The minimum atomic E-state index is -1.22. The molecule has 1 aromatic rings. The molecule has 0 aliphatic rings. The molecule has 0 heterocycles. The Morgan fingerprint density at radius 3 is 2.18 bits per heavy atom. The van der Waals surface area contributed by atoms with Gasteiger partial charge in [-0.1, -0.05) is 23.7 Å². The topological polar surface area (TPSA) is 44.5 Å². The lowest BCUT2D eigenvalue weighted by atomic mass is 9.47. The van der Waals surface area contributed by atoms with E-state index >= 15 is 0 Å². The molecule has 1 rings (SSSR count). The number of benzene rings is 1. The molecular weight excluding hydrogens is 235 g/mol. The van der Waals surface area contributed by atoms with Crippen molar-refractivity contribution in [3.63, 3.8) is 0 Å². The number of halogens is 1. The third-order valence-electron chi connectivity index (χ3n) is 2.69. The fourth-order valence-corrected chi connectivity index (χ4v) is 1.67. The lowest BCUT2D eigenvalue weighted by Crippen LogP contribution is -2.44. The van der Waals surface area contributed by atoms with E-state index in [-0.39, 0.29) is 0 Å². The fourth-order valence-electron chi connectivity index (χ4n) is 1.44. The SMILES string of the molecule is [B]C([B])(c1cc(OC)c(Cl)cc1OC)C(C)N. The lowest BCUT2D eigenvalue weighted by molar-refractivity contribution is 0.395. The summed E-state index contributed by atoms with van der Waals surface area (Å²) >= 11 is 5.99. The first-order chi connectivity index (χ1) is 7.84. The zero-order valence-corrected chi connectivity index (χ0v) is 10.9. The van der Waals surface area contributed by atoms with Crippen LogP contribution in [0, 0.1) is 0 Å². The van der Waals surface area contributed by atoms with Crippen LogP contribution in [0.15, 0.2) is 12.1 Å². The lowest BCUT2D eigenvalue weighted by Gasteiger charge is -2.32. The Kier molecular flexibility index (Phi) is 4.39. The number of hydrogen-bond donors (Lipinski definition) is 1. The molecule has 0 bridgehead atoms. The van der Waals surface area contributed by atoms with E-state index in [1.54, 1.807) is 19.1 Å². The third kappa shape index (κ3) is 2.72. The van der Waals surface area contributed by atoms with Gasteiger partial charge in [-0.05, 0) is 17.7 Å². The van der Waals surface area contributed by atoms with Crippen molar-refractivity contribution in [3.8, 4) is 11.5 Å². The van der Waals surface area contributed by atoms with Crippen LogP contribution in [0.5, 0.6) is 11.5 Å². The highest BCUT2D eigenvalue weighted by Gasteiger charge is 2.28. The monoisotopic (exact) mass is 249 g/mol. The molecule has 17 heavy (non-hydrogen) atoms. The summed E-state index contributed by atoms with van der Waals surface area (Å²) in [6.45, 7) is 1.72. The van der Waals surface area contributed by atoms with Crippen LogP contribution in [0.2, 0.25) is 5.02 Å². The van der Waals surface area contributed by atoms with Gasteiger partial charge in [-0.25, -0.2) is 0 Å². The van der Waals surface area contributed by atoms with Crippen molar-refractivity contribution >= 4 is 27.3 Å². The van der Waals surface area contributed by atoms with E-state index in [0.717, 1.165) is 0 Å². The Balaban J connectivity index is 3.40. The van der Waals surface area contributed by atoms with Gasteiger partial charge in [0.2, 0.25) is 0 Å². The molecule has 0 fully saturated rings. The Bertz CT molecular complexity index is 411. The van der Waals surface area contributed by atoms with E-state index in [1.165, 1.54) is 14.2 Å². The first-order valence-corrected chi connectivity index (χ1v) is 5.47. The standard InChI is InChI=1S/C11H14B2ClNO2/c1-6(15)11(12,13)7-4-10(17-3)8(14)5-9(7)16-2/h4-6H,15H2,1-3H3. The van der Waals surface area contributed by atoms with E-state index in [0.29, 0.717) is 22.1 Å². The van der Waals surface area contributed by atoms with Gasteiger partial charge in [-0.3, -0.25) is 0 Å². The second kappa shape index (κ2) is 5.23. The summed E-state index contributed by atoms with van der Waals surface area (Å²) in [6.07, 6.45) is 0. The van der Waals surface area contributed by atoms with Gasteiger partial charge in [0.15, 0.2) is 0 Å². The minimum Gasteiger partial charge on any atom is -0.496 e. The Hall–Kier alpha value is -0.800. The predicted molar refractivity (Wildman–Crippen MR) is 71.4 cm³/mol. The fraction of sp³-hybridized carbons (Fsp3) is 0.455. The smallest absolute Gasteiger partial charge is 0.137 e. The molecule has 1 atom stereocenters. The van der Waals surface area contributed by atoms with Gasteiger partial charge in [-0.15, -0.1) is 0 Å². The van der Waals surface area contributed by atoms with Crippen LogP contribution in [0.3, 0.4) is 0 Å². The molecule has 1 unspecified atom stereocenters. The molecule has 0 saturated carbocycles. The quantitative estimate of drug-likeness (QED) is 0.815. The molecule has 4 radical (unpaired) electrons. The molecule has 1 aromatic carbocycles. The van der Waals surface area contributed by atoms with Crippen molar-refractivity contribution in [2.45, 2.75) is 18.2 Å². The number of rotatable bonds is 4. The summed E-state index contributed by atoms with van der Waals surface area (Å²) in [5.74, 6) is 0.960. The summed E-state index contributed by atoms with van der Waals surface area (Å²) in [7, 11) is 15.0. The van der Waals surface area contributed by atoms with E-state index in [2.05, 4.69) is 0 Å². The van der Waals surface area contributed by atoms with Crippen molar-refractivity contribution in [3.05, 3.63) is 22.7 Å². The van der Waals surface area contributed by atoms with Crippen LogP contribution in [-0.2, 0) is 5.21 Å². The van der Waals surface area contributed by atoms with Crippen molar-refractivity contribution in [1.82, 2.24) is 0 Å². The van der Waals surface area contributed by atoms with E-state index in [9.17, 15) is 0 Å². The Labute approximate surface area is 109 Å². The molecule has 0 amide bonds. The summed E-state index contributed by atoms with van der Waals surface area (Å²) in [5, 5.41) is -0.794. The van der Waals surface area contributed by atoms with E-state index < -0.39 is 11.3 Å². The van der Waals surface area contributed by atoms with Crippen LogP contribution in [0.4, 0.5) is 0 Å². The number of ether oxygens (including phenoxy) is 2. The molecule has 6 heteroatoms. The van der Waals surface area contributed by atoms with Crippen molar-refractivity contribution in [2.75, 3.05) is 14.2 Å². The molecule has 88 valence electrons. The molecular formula is C11H14B2ClNO2. The van der Waals surface area contributed by atoms with Gasteiger partial charge < -0.3 is 15.2 Å². The van der Waals surface area contributed by atoms with Gasteiger partial charge in [0.1, 0.15) is 11.5 Å². The van der Waals surface area contributed by atoms with Gasteiger partial charge >= 0.3 is 0 Å². The number of methoxy groups -OCH3 is 2. The summed E-state index contributed by atoms with van der Waals surface area (Å²) < 4.78 is 10.3. The highest BCUT2D eigenvalue weighted by molar-refractivity contribution is 6.41. The highest BCUT2D eigenvalue weighted by atomic mass is 35.5. The van der Waals surface area contributed by atoms with Crippen LogP contribution < -0.4 is 15.2 Å². The maximum absolute atomic E-state index is 6.01. The Morgan fingerprint density at radius 1 is 1.24 bits per heavy atom. The average Bonchev–Trinajstić information content (AvgIpc) is 2.27. The number of nitrogens with two attached hydrogens (primary N) is 1. The molecule has 2 N–H and O–H groups in total. The molecule has 0 aliphatic heterocycles. The van der Waals surface area contributed by atoms with Crippen LogP contribution in [-0.4, -0.2) is 36.0 Å². The first kappa shape index (κ1) is 14.3. The molecule has 0 spiro atoms. The first-order valence-electron chi connectivity index (χ1n) is 5.10. The minimum absolute atomic E-state index is 0.425. The zero-order valence-electron chi connectivity index (χ0n) is 10.2. The molecule has 0 aliphatic carbocycles. The molecule has 0 aromatic heterocycles. The second-order valence-corrected chi connectivity index (χ2v) is 4.32. The van der Waals surface area contributed by atoms with Crippen LogP contribution in [0.25, 0.3) is 0 Å². The maximum Gasteiger partial charge on any atom is 0.137 e. The average molecular weight is 249 g/mol. The molecule has 3 nitrogen and oxygen atoms in total. The summed E-state index contributed by atoms with van der Waals surface area (Å²) in [4.78, 5) is 0. The van der Waals surface area contributed by atoms with Crippen molar-refractivity contribution in [1.29, 1.82) is 0 Å². The Morgan fingerprint density at radius 2 is 1.76 bits per heavy atom. The van der Waals surface area contributed by atoms with Crippen LogP contribution in [0.1, 0.15) is 12.5 Å². The van der Waals surface area contributed by atoms with Gasteiger partial charge in [0, 0.05) is 6.07 Å². The predicted octanol–water partition coefficient (Wildman–Crippen LogP) is 1.19. The van der Waals surface area contributed by atoms with Crippen molar-refractivity contribution < 1.29 is 9.47 Å². The largest absolute Gasteiger partial charge is 0.496 e. The van der Waals surface area contributed by atoms with Gasteiger partial charge in [0.25, 0.3) is 0 Å². The van der Waals surface area contributed by atoms with Crippen molar-refractivity contribution in [2.24, 2.45) is 5.73 Å². The van der Waals surface area contributed by atoms with Gasteiger partial charge in [-0.2, -0.15) is 0 Å². The highest BCUT2D eigenvalue weighted by Crippen LogP contribution is 2.37. The normalized spacial score (nSPS) is 13.2. The van der Waals surface area contributed by atoms with Crippen LogP contribution >= 0.6 is 11.6 Å². The summed E-state index contributed by atoms with van der Waals surface area (Å²) in [5.41, 5.74) is 6.33. The van der Waals surface area contributed by atoms with E-state index in [4.69, 9.17) is 42.5 Å². The van der Waals surface area contributed by atoms with Gasteiger partial charge in [0.05, 0.1) is 34.9 Å².